The fraction of sp³-hybridized carbons (Fsp3) is 0.618. The fourth-order valence-corrected chi connectivity index (χ4v) is 6.08. The minimum absolute atomic E-state index is 0.111. The van der Waals surface area contributed by atoms with E-state index >= 15 is 0 Å². The third-order valence-electron chi connectivity index (χ3n) is 9.69. The lowest BCUT2D eigenvalue weighted by Gasteiger charge is -2.18. The third kappa shape index (κ3) is 47.0. The minimum atomic E-state index is -0.815. The average molecular weight is 845 g/mol. The Kier molecular flexibility index (Phi) is 45.6. The van der Waals surface area contributed by atoms with Crippen LogP contribution in [0, 0.1) is 0 Å². The van der Waals surface area contributed by atoms with Crippen LogP contribution in [0.2, 0.25) is 0 Å². The standard InChI is InChI=1S/C55H88O6/c1-4-7-10-13-16-19-22-25-26-27-28-31-33-36-39-42-45-48-54(57)60-51-52(61-55(58)49-46-43-40-37-34-30-24-21-18-15-12-9-6-3)50-59-53(56)47-44-41-38-35-32-29-23-20-17-14-11-8-5-2/h7,10-12,14-16,19-21,23-26,28,31,36,39,52H,4-6,8-9,13,17-18,22,27,29-30,32-35,37-38,40-51H2,1-3H3/b10-7-,14-11-,15-12-,19-16-,23-20-,24-21-,26-25-,31-28-,39-36-. The Labute approximate surface area is 374 Å². The molecular weight excluding hydrogens is 757 g/mol. The highest BCUT2D eigenvalue weighted by Gasteiger charge is 2.19. The van der Waals surface area contributed by atoms with Gasteiger partial charge < -0.3 is 14.2 Å². The maximum Gasteiger partial charge on any atom is 0.306 e. The summed E-state index contributed by atoms with van der Waals surface area (Å²) in [4.78, 5) is 37.9. The van der Waals surface area contributed by atoms with Gasteiger partial charge in [0, 0.05) is 19.3 Å². The van der Waals surface area contributed by atoms with E-state index in [2.05, 4.69) is 130 Å². The van der Waals surface area contributed by atoms with Crippen LogP contribution in [0.3, 0.4) is 0 Å². The summed E-state index contributed by atoms with van der Waals surface area (Å²) in [5.41, 5.74) is 0. The first kappa shape index (κ1) is 57.1. The van der Waals surface area contributed by atoms with Crippen molar-refractivity contribution in [3.05, 3.63) is 109 Å². The topological polar surface area (TPSA) is 78.9 Å². The van der Waals surface area contributed by atoms with Crippen LogP contribution in [0.5, 0.6) is 0 Å². The van der Waals surface area contributed by atoms with Gasteiger partial charge in [0.25, 0.3) is 0 Å². The molecule has 0 heterocycles. The molecule has 1 unspecified atom stereocenters. The number of ether oxygens (including phenoxy) is 3. The Morgan fingerprint density at radius 2 is 0.656 bits per heavy atom. The molecule has 0 saturated carbocycles. The Balaban J connectivity index is 4.53. The van der Waals surface area contributed by atoms with Crippen LogP contribution in [0.1, 0.15) is 201 Å². The first-order valence-electron chi connectivity index (χ1n) is 24.4. The van der Waals surface area contributed by atoms with E-state index in [1.807, 2.05) is 0 Å². The van der Waals surface area contributed by atoms with Crippen molar-refractivity contribution in [2.24, 2.45) is 0 Å². The molecule has 0 fully saturated rings. The second-order valence-corrected chi connectivity index (χ2v) is 15.6. The molecule has 0 radical (unpaired) electrons. The van der Waals surface area contributed by atoms with Crippen LogP contribution in [0.15, 0.2) is 109 Å². The van der Waals surface area contributed by atoms with E-state index < -0.39 is 6.10 Å². The monoisotopic (exact) mass is 845 g/mol. The molecule has 0 aromatic carbocycles. The molecule has 0 aliphatic rings. The quantitative estimate of drug-likeness (QED) is 0.0264. The predicted molar refractivity (Wildman–Crippen MR) is 260 cm³/mol. The van der Waals surface area contributed by atoms with Gasteiger partial charge in [0.1, 0.15) is 13.2 Å². The molecule has 0 saturated heterocycles. The van der Waals surface area contributed by atoms with Gasteiger partial charge in [-0.2, -0.15) is 0 Å². The highest BCUT2D eigenvalue weighted by Crippen LogP contribution is 2.12. The van der Waals surface area contributed by atoms with Gasteiger partial charge in [-0.05, 0) is 109 Å². The largest absolute Gasteiger partial charge is 0.462 e. The number of allylic oxidation sites excluding steroid dienone is 18. The summed E-state index contributed by atoms with van der Waals surface area (Å²) in [5.74, 6) is -1.01. The van der Waals surface area contributed by atoms with Crippen molar-refractivity contribution in [1.82, 2.24) is 0 Å². The first-order valence-corrected chi connectivity index (χ1v) is 24.4. The Bertz CT molecular complexity index is 1290. The Morgan fingerprint density at radius 3 is 1.07 bits per heavy atom. The summed E-state index contributed by atoms with van der Waals surface area (Å²) < 4.78 is 16.7. The fourth-order valence-electron chi connectivity index (χ4n) is 6.08. The molecule has 0 aromatic rings. The predicted octanol–water partition coefficient (Wildman–Crippen LogP) is 16.0. The van der Waals surface area contributed by atoms with Crippen molar-refractivity contribution in [2.45, 2.75) is 207 Å². The van der Waals surface area contributed by atoms with Crippen molar-refractivity contribution in [2.75, 3.05) is 13.2 Å². The maximum absolute atomic E-state index is 12.8. The number of carbonyl (C=O) groups is 3. The number of esters is 3. The molecule has 0 aromatic heterocycles. The van der Waals surface area contributed by atoms with Crippen LogP contribution in [0.4, 0.5) is 0 Å². The van der Waals surface area contributed by atoms with Gasteiger partial charge in [0.05, 0.1) is 0 Å². The van der Waals surface area contributed by atoms with Gasteiger partial charge in [-0.15, -0.1) is 0 Å². The Hall–Kier alpha value is -3.93. The number of rotatable bonds is 42. The van der Waals surface area contributed by atoms with Gasteiger partial charge in [-0.1, -0.05) is 182 Å². The summed E-state index contributed by atoms with van der Waals surface area (Å²) in [7, 11) is 0. The molecule has 0 spiro atoms. The lowest BCUT2D eigenvalue weighted by atomic mass is 10.1. The van der Waals surface area contributed by atoms with E-state index in [1.165, 1.54) is 12.8 Å². The SMILES string of the molecule is CC/C=C\C/C=C\C/C=C\C/C=C\C/C=C\CCCC(=O)OCC(COC(=O)CCCCCCC/C=C\C/C=C\CCC)OC(=O)CCCCCCC/C=C\C/C=C\CCC. The number of hydrogen-bond acceptors (Lipinski definition) is 6. The molecule has 6 heteroatoms. The van der Waals surface area contributed by atoms with Crippen LogP contribution in [-0.4, -0.2) is 37.2 Å². The molecule has 1 atom stereocenters. The third-order valence-corrected chi connectivity index (χ3v) is 9.69. The zero-order valence-corrected chi connectivity index (χ0v) is 39.1. The van der Waals surface area contributed by atoms with Crippen molar-refractivity contribution in [3.63, 3.8) is 0 Å². The normalized spacial score (nSPS) is 13.0. The van der Waals surface area contributed by atoms with E-state index in [9.17, 15) is 14.4 Å². The summed E-state index contributed by atoms with van der Waals surface area (Å²) in [6, 6.07) is 0. The minimum Gasteiger partial charge on any atom is -0.462 e. The van der Waals surface area contributed by atoms with Crippen LogP contribution >= 0.6 is 0 Å². The summed E-state index contributed by atoms with van der Waals surface area (Å²) in [5, 5.41) is 0. The molecule has 0 rings (SSSR count). The number of carbonyl (C=O) groups excluding carboxylic acids is 3. The lowest BCUT2D eigenvalue weighted by Crippen LogP contribution is -2.30. The second kappa shape index (κ2) is 48.7. The molecular formula is C55H88O6. The van der Waals surface area contributed by atoms with Crippen LogP contribution < -0.4 is 0 Å². The van der Waals surface area contributed by atoms with Crippen molar-refractivity contribution >= 4 is 17.9 Å². The lowest BCUT2D eigenvalue weighted by molar-refractivity contribution is -0.167. The smallest absolute Gasteiger partial charge is 0.306 e. The maximum atomic E-state index is 12.8. The van der Waals surface area contributed by atoms with Gasteiger partial charge in [0.2, 0.25) is 0 Å². The average Bonchev–Trinajstić information content (AvgIpc) is 3.26. The van der Waals surface area contributed by atoms with E-state index in [0.29, 0.717) is 19.3 Å². The second-order valence-electron chi connectivity index (χ2n) is 15.6. The van der Waals surface area contributed by atoms with Gasteiger partial charge in [-0.3, -0.25) is 14.4 Å². The molecule has 0 aliphatic carbocycles. The molecule has 0 N–H and O–H groups in total. The molecule has 0 aliphatic heterocycles. The molecule has 0 amide bonds. The highest BCUT2D eigenvalue weighted by atomic mass is 16.6. The Morgan fingerprint density at radius 1 is 0.344 bits per heavy atom. The van der Waals surface area contributed by atoms with Crippen LogP contribution in [0.25, 0.3) is 0 Å². The summed E-state index contributed by atoms with van der Waals surface area (Å²) in [6.45, 7) is 6.30. The zero-order valence-electron chi connectivity index (χ0n) is 39.1. The van der Waals surface area contributed by atoms with Crippen molar-refractivity contribution in [1.29, 1.82) is 0 Å². The molecule has 61 heavy (non-hydrogen) atoms. The van der Waals surface area contributed by atoms with Crippen molar-refractivity contribution < 1.29 is 28.6 Å². The highest BCUT2D eigenvalue weighted by molar-refractivity contribution is 5.71. The van der Waals surface area contributed by atoms with E-state index in [0.717, 1.165) is 141 Å². The van der Waals surface area contributed by atoms with Crippen molar-refractivity contribution in [3.8, 4) is 0 Å². The van der Waals surface area contributed by atoms with Gasteiger partial charge >= 0.3 is 17.9 Å². The van der Waals surface area contributed by atoms with E-state index in [1.54, 1.807) is 0 Å². The molecule has 6 nitrogen and oxygen atoms in total. The first-order chi connectivity index (χ1) is 30.0. The summed E-state index contributed by atoms with van der Waals surface area (Å²) in [6.07, 6.45) is 65.0. The van der Waals surface area contributed by atoms with Gasteiger partial charge in [-0.25, -0.2) is 0 Å². The van der Waals surface area contributed by atoms with Gasteiger partial charge in [0.15, 0.2) is 6.10 Å². The molecule has 0 bridgehead atoms. The van der Waals surface area contributed by atoms with E-state index in [4.69, 9.17) is 14.2 Å². The van der Waals surface area contributed by atoms with Crippen LogP contribution in [-0.2, 0) is 28.6 Å². The zero-order chi connectivity index (χ0) is 44.4. The van der Waals surface area contributed by atoms with E-state index in [-0.39, 0.29) is 37.5 Å². The summed E-state index contributed by atoms with van der Waals surface area (Å²) >= 11 is 0. The number of hydrogen-bond donors (Lipinski definition) is 0. The molecule has 344 valence electrons. The number of unbranched alkanes of at least 4 members (excludes halogenated alkanes) is 13.